The van der Waals surface area contributed by atoms with Crippen molar-refractivity contribution in [2.75, 3.05) is 0 Å². The Morgan fingerprint density at radius 2 is 2.00 bits per heavy atom. The van der Waals surface area contributed by atoms with Crippen LogP contribution in [0.5, 0.6) is 0 Å². The fourth-order valence-corrected chi connectivity index (χ4v) is 2.21. The second kappa shape index (κ2) is 7.80. The molecular weight excluding hydrogens is 337 g/mol. The van der Waals surface area contributed by atoms with Gasteiger partial charge in [0.1, 0.15) is 0 Å². The topological polar surface area (TPSA) is 71.3 Å². The molecule has 1 aromatic heterocycles. The molecule has 0 fully saturated rings. The summed E-state index contributed by atoms with van der Waals surface area (Å²) in [5, 5.41) is 8.41. The molecule has 25 heavy (non-hydrogen) atoms. The van der Waals surface area contributed by atoms with E-state index in [1.165, 1.54) is 34.5 Å². The Bertz CT molecular complexity index is 842. The fourth-order valence-electron chi connectivity index (χ4n) is 2.21. The van der Waals surface area contributed by atoms with E-state index in [4.69, 9.17) is 5.21 Å². The molecule has 5 nitrogen and oxygen atoms in total. The summed E-state index contributed by atoms with van der Waals surface area (Å²) in [7, 11) is 0. The van der Waals surface area contributed by atoms with Crippen LogP contribution in [0.4, 0.5) is 13.2 Å². The summed E-state index contributed by atoms with van der Waals surface area (Å²) in [6.45, 7) is 0.189. The first-order chi connectivity index (χ1) is 11.8. The highest BCUT2D eigenvalue weighted by Crippen LogP contribution is 2.29. The zero-order valence-corrected chi connectivity index (χ0v) is 13.0. The fraction of sp³-hybridized carbons (Fsp3) is 0.176. The van der Waals surface area contributed by atoms with Crippen LogP contribution in [0.25, 0.3) is 6.08 Å². The molecule has 0 bridgehead atoms. The van der Waals surface area contributed by atoms with Crippen molar-refractivity contribution in [1.82, 2.24) is 10.0 Å². The van der Waals surface area contributed by atoms with Gasteiger partial charge in [-0.1, -0.05) is 18.2 Å². The van der Waals surface area contributed by atoms with E-state index in [-0.39, 0.29) is 18.5 Å². The maximum Gasteiger partial charge on any atom is 0.416 e. The third kappa shape index (κ3) is 5.05. The standard InChI is InChI=1S/C17H15F3N2O3/c18-17(19,20)14-5-1-3-12(11-14)8-10-22-9-2-4-13(16(22)24)6-7-15(23)21-25/h1-7,9,11,25H,8,10H2,(H,21,23)/b7-6+. The molecule has 2 rings (SSSR count). The summed E-state index contributed by atoms with van der Waals surface area (Å²) in [6, 6.07) is 8.02. The minimum absolute atomic E-state index is 0.189. The van der Waals surface area contributed by atoms with Gasteiger partial charge in [-0.25, -0.2) is 5.48 Å². The molecule has 1 aromatic carbocycles. The van der Waals surface area contributed by atoms with E-state index in [2.05, 4.69) is 0 Å². The lowest BCUT2D eigenvalue weighted by Gasteiger charge is -2.10. The summed E-state index contributed by atoms with van der Waals surface area (Å²) in [6.07, 6.45) is -0.416. The number of halogens is 3. The van der Waals surface area contributed by atoms with Crippen LogP contribution in [-0.4, -0.2) is 15.7 Å². The molecule has 0 spiro atoms. The van der Waals surface area contributed by atoms with E-state index in [9.17, 15) is 22.8 Å². The molecule has 0 aliphatic rings. The molecule has 0 unspecified atom stereocenters. The number of benzene rings is 1. The van der Waals surface area contributed by atoms with Gasteiger partial charge in [0, 0.05) is 24.4 Å². The van der Waals surface area contributed by atoms with Crippen LogP contribution in [0.2, 0.25) is 0 Å². The van der Waals surface area contributed by atoms with E-state index in [1.807, 2.05) is 0 Å². The van der Waals surface area contributed by atoms with E-state index in [0.717, 1.165) is 18.2 Å². The van der Waals surface area contributed by atoms with Gasteiger partial charge in [-0.2, -0.15) is 13.2 Å². The van der Waals surface area contributed by atoms with Crippen LogP contribution in [0.15, 0.2) is 53.5 Å². The quantitative estimate of drug-likeness (QED) is 0.494. The number of hydrogen-bond donors (Lipinski definition) is 2. The lowest BCUT2D eigenvalue weighted by Crippen LogP contribution is -2.22. The molecule has 0 aliphatic heterocycles. The van der Waals surface area contributed by atoms with Crippen molar-refractivity contribution in [1.29, 1.82) is 0 Å². The molecule has 0 saturated carbocycles. The van der Waals surface area contributed by atoms with E-state index < -0.39 is 23.2 Å². The van der Waals surface area contributed by atoms with Crippen molar-refractivity contribution in [3.8, 4) is 0 Å². The first-order valence-electron chi connectivity index (χ1n) is 7.29. The highest BCUT2D eigenvalue weighted by Gasteiger charge is 2.30. The zero-order chi connectivity index (χ0) is 18.4. The van der Waals surface area contributed by atoms with Crippen molar-refractivity contribution in [3.05, 3.63) is 75.7 Å². The average Bonchev–Trinajstić information content (AvgIpc) is 2.59. The van der Waals surface area contributed by atoms with Crippen LogP contribution < -0.4 is 11.0 Å². The maximum absolute atomic E-state index is 12.7. The first kappa shape index (κ1) is 18.5. The SMILES string of the molecule is O=C(/C=C/c1cccn(CCc2cccc(C(F)(F)F)c2)c1=O)NO. The number of nitrogens with one attached hydrogen (secondary N) is 1. The molecule has 1 amide bonds. The van der Waals surface area contributed by atoms with E-state index in [0.29, 0.717) is 5.56 Å². The number of nitrogens with zero attached hydrogens (tertiary/aromatic N) is 1. The maximum atomic E-state index is 12.7. The third-order valence-corrected chi connectivity index (χ3v) is 3.47. The van der Waals surface area contributed by atoms with Crippen LogP contribution >= 0.6 is 0 Å². The molecule has 0 atom stereocenters. The van der Waals surface area contributed by atoms with Crippen LogP contribution in [0, 0.1) is 0 Å². The molecule has 8 heteroatoms. The summed E-state index contributed by atoms with van der Waals surface area (Å²) in [5.41, 5.74) is 0.961. The van der Waals surface area contributed by atoms with Gasteiger partial charge in [-0.05, 0) is 36.3 Å². The molecule has 1 heterocycles. The Morgan fingerprint density at radius 3 is 2.68 bits per heavy atom. The van der Waals surface area contributed by atoms with E-state index >= 15 is 0 Å². The Hall–Kier alpha value is -2.87. The van der Waals surface area contributed by atoms with Gasteiger partial charge in [0.15, 0.2) is 0 Å². The molecule has 0 radical (unpaired) electrons. The molecule has 0 aliphatic carbocycles. The van der Waals surface area contributed by atoms with Crippen LogP contribution in [0.1, 0.15) is 16.7 Å². The number of carbonyl (C=O) groups excluding carboxylic acids is 1. The van der Waals surface area contributed by atoms with Crippen molar-refractivity contribution in [3.63, 3.8) is 0 Å². The number of hydroxylamine groups is 1. The predicted octanol–water partition coefficient (Wildman–Crippen LogP) is 2.63. The van der Waals surface area contributed by atoms with Gasteiger partial charge >= 0.3 is 6.18 Å². The Balaban J connectivity index is 2.15. The largest absolute Gasteiger partial charge is 0.416 e. The highest BCUT2D eigenvalue weighted by atomic mass is 19.4. The third-order valence-electron chi connectivity index (χ3n) is 3.47. The smallest absolute Gasteiger partial charge is 0.315 e. The minimum atomic E-state index is -4.41. The van der Waals surface area contributed by atoms with Gasteiger partial charge < -0.3 is 4.57 Å². The molecule has 2 N–H and O–H groups in total. The normalized spacial score (nSPS) is 11.7. The summed E-state index contributed by atoms with van der Waals surface area (Å²) >= 11 is 0. The second-order valence-corrected chi connectivity index (χ2v) is 5.22. The predicted molar refractivity (Wildman–Crippen MR) is 84.8 cm³/mol. The Kier molecular flexibility index (Phi) is 5.76. The lowest BCUT2D eigenvalue weighted by molar-refractivity contribution is -0.137. The Labute approximate surface area is 141 Å². The average molecular weight is 352 g/mol. The number of aromatic nitrogens is 1. The van der Waals surface area contributed by atoms with Crippen molar-refractivity contribution in [2.24, 2.45) is 0 Å². The van der Waals surface area contributed by atoms with Gasteiger partial charge in [-0.15, -0.1) is 0 Å². The molecule has 2 aromatic rings. The zero-order valence-electron chi connectivity index (χ0n) is 13.0. The first-order valence-corrected chi connectivity index (χ1v) is 7.29. The summed E-state index contributed by atoms with van der Waals surface area (Å²) in [5.74, 6) is -0.779. The molecule has 0 saturated heterocycles. The number of alkyl halides is 3. The Morgan fingerprint density at radius 1 is 1.24 bits per heavy atom. The number of carbonyl (C=O) groups is 1. The number of hydrogen-bond acceptors (Lipinski definition) is 3. The number of amides is 1. The molecular formula is C17H15F3N2O3. The monoisotopic (exact) mass is 352 g/mol. The van der Waals surface area contributed by atoms with Gasteiger partial charge in [-0.3, -0.25) is 14.8 Å². The second-order valence-electron chi connectivity index (χ2n) is 5.22. The number of pyridine rings is 1. The minimum Gasteiger partial charge on any atom is -0.315 e. The molecule has 132 valence electrons. The van der Waals surface area contributed by atoms with Crippen LogP contribution in [-0.2, 0) is 23.9 Å². The lowest BCUT2D eigenvalue weighted by atomic mass is 10.1. The van der Waals surface area contributed by atoms with Gasteiger partial charge in [0.05, 0.1) is 5.56 Å². The number of rotatable bonds is 5. The highest BCUT2D eigenvalue weighted by molar-refractivity contribution is 5.90. The van der Waals surface area contributed by atoms with Crippen molar-refractivity contribution < 1.29 is 23.2 Å². The van der Waals surface area contributed by atoms with E-state index in [1.54, 1.807) is 12.1 Å². The van der Waals surface area contributed by atoms with Gasteiger partial charge in [0.2, 0.25) is 0 Å². The van der Waals surface area contributed by atoms with Crippen LogP contribution in [0.3, 0.4) is 0 Å². The van der Waals surface area contributed by atoms with Gasteiger partial charge in [0.25, 0.3) is 11.5 Å². The number of aryl methyl sites for hydroxylation is 2. The summed E-state index contributed by atoms with van der Waals surface area (Å²) in [4.78, 5) is 23.2. The van der Waals surface area contributed by atoms with Crippen molar-refractivity contribution >= 4 is 12.0 Å². The summed E-state index contributed by atoms with van der Waals surface area (Å²) < 4.78 is 39.5. The van der Waals surface area contributed by atoms with Crippen molar-refractivity contribution in [2.45, 2.75) is 19.1 Å².